The number of benzene rings is 3. The monoisotopic (exact) mass is 299 g/mol. The second-order valence-electron chi connectivity index (χ2n) is 5.75. The number of nitrogens with zero attached hydrogens (tertiary/aromatic N) is 1. The molecule has 2 heteroatoms. The zero-order valence-corrected chi connectivity index (χ0v) is 13.0. The Labute approximate surface area is 135 Å². The van der Waals surface area contributed by atoms with Crippen LogP contribution >= 0.6 is 0 Å². The van der Waals surface area contributed by atoms with Gasteiger partial charge in [0.1, 0.15) is 5.76 Å². The maximum absolute atomic E-state index is 5.91. The largest absolute Gasteiger partial charge is 0.441 e. The highest BCUT2D eigenvalue weighted by molar-refractivity contribution is 5.86. The Balaban J connectivity index is 1.70. The summed E-state index contributed by atoms with van der Waals surface area (Å²) in [6, 6.07) is 25.0. The quantitative estimate of drug-likeness (QED) is 0.506. The highest BCUT2D eigenvalue weighted by atomic mass is 16.4. The van der Waals surface area contributed by atoms with Gasteiger partial charge >= 0.3 is 0 Å². The van der Waals surface area contributed by atoms with E-state index in [1.807, 2.05) is 19.1 Å². The molecule has 0 atom stereocenters. The molecule has 2 nitrogen and oxygen atoms in total. The Morgan fingerprint density at radius 1 is 0.826 bits per heavy atom. The summed E-state index contributed by atoms with van der Waals surface area (Å²) in [6.07, 6.45) is 0.795. The first-order valence-electron chi connectivity index (χ1n) is 7.79. The molecule has 0 aliphatic carbocycles. The van der Waals surface area contributed by atoms with E-state index in [-0.39, 0.29) is 0 Å². The van der Waals surface area contributed by atoms with E-state index >= 15 is 0 Å². The molecule has 23 heavy (non-hydrogen) atoms. The Bertz CT molecular complexity index is 954. The molecule has 1 aromatic heterocycles. The molecule has 112 valence electrons. The van der Waals surface area contributed by atoms with Crippen LogP contribution in [0.1, 0.15) is 17.0 Å². The van der Waals surface area contributed by atoms with Crippen LogP contribution in [0.15, 0.2) is 77.2 Å². The van der Waals surface area contributed by atoms with Gasteiger partial charge in [-0.05, 0) is 35.4 Å². The van der Waals surface area contributed by atoms with Gasteiger partial charge in [0.25, 0.3) is 0 Å². The second kappa shape index (κ2) is 5.73. The third-order valence-electron chi connectivity index (χ3n) is 4.10. The van der Waals surface area contributed by atoms with Crippen molar-refractivity contribution in [1.82, 2.24) is 4.98 Å². The molecule has 0 saturated carbocycles. The van der Waals surface area contributed by atoms with E-state index in [0.29, 0.717) is 5.89 Å². The summed E-state index contributed by atoms with van der Waals surface area (Å²) in [7, 11) is 0. The number of fused-ring (bicyclic) bond motifs is 1. The minimum absolute atomic E-state index is 0.694. The van der Waals surface area contributed by atoms with E-state index in [4.69, 9.17) is 9.40 Å². The fourth-order valence-electron chi connectivity index (χ4n) is 2.83. The molecular formula is C21H17NO. The van der Waals surface area contributed by atoms with Crippen LogP contribution in [0.4, 0.5) is 0 Å². The lowest BCUT2D eigenvalue weighted by molar-refractivity contribution is 0.540. The maximum atomic E-state index is 5.91. The topological polar surface area (TPSA) is 26.0 Å². The molecule has 0 amide bonds. The Hall–Kier alpha value is -2.87. The summed E-state index contributed by atoms with van der Waals surface area (Å²) in [5, 5.41) is 2.43. The van der Waals surface area contributed by atoms with Crippen molar-refractivity contribution < 1.29 is 4.42 Å². The van der Waals surface area contributed by atoms with E-state index in [9.17, 15) is 0 Å². The van der Waals surface area contributed by atoms with Gasteiger partial charge in [0.15, 0.2) is 0 Å². The minimum Gasteiger partial charge on any atom is -0.441 e. The van der Waals surface area contributed by atoms with Gasteiger partial charge in [-0.2, -0.15) is 0 Å². The van der Waals surface area contributed by atoms with Crippen LogP contribution in [0.5, 0.6) is 0 Å². The van der Waals surface area contributed by atoms with Gasteiger partial charge in [-0.3, -0.25) is 0 Å². The molecule has 0 saturated heterocycles. The predicted molar refractivity (Wildman–Crippen MR) is 93.4 cm³/mol. The standard InChI is InChI=1S/C21H17NO/c1-15-20(13-16-7-3-2-4-8-16)22-21(23-15)19-12-11-17-9-5-6-10-18(17)14-19/h2-12,14H,13H2,1H3. The van der Waals surface area contributed by atoms with E-state index in [2.05, 4.69) is 60.7 Å². The SMILES string of the molecule is Cc1oc(-c2ccc3ccccc3c2)nc1Cc1ccccc1. The first-order chi connectivity index (χ1) is 11.3. The fourth-order valence-corrected chi connectivity index (χ4v) is 2.83. The van der Waals surface area contributed by atoms with E-state index in [1.165, 1.54) is 16.3 Å². The lowest BCUT2D eigenvalue weighted by Gasteiger charge is -2.00. The molecule has 0 bridgehead atoms. The first-order valence-corrected chi connectivity index (χ1v) is 7.79. The van der Waals surface area contributed by atoms with Crippen LogP contribution in [0, 0.1) is 6.92 Å². The van der Waals surface area contributed by atoms with E-state index < -0.39 is 0 Å². The van der Waals surface area contributed by atoms with E-state index in [0.717, 1.165) is 23.4 Å². The van der Waals surface area contributed by atoms with Gasteiger partial charge in [-0.1, -0.05) is 60.7 Å². The van der Waals surface area contributed by atoms with Crippen molar-refractivity contribution in [3.63, 3.8) is 0 Å². The zero-order chi connectivity index (χ0) is 15.6. The fraction of sp³-hybridized carbons (Fsp3) is 0.0952. The third kappa shape index (κ3) is 2.76. The van der Waals surface area contributed by atoms with Gasteiger partial charge in [0.2, 0.25) is 5.89 Å². The molecular weight excluding hydrogens is 282 g/mol. The summed E-state index contributed by atoms with van der Waals surface area (Å²) >= 11 is 0. The van der Waals surface area contributed by atoms with Crippen molar-refractivity contribution >= 4 is 10.8 Å². The molecule has 4 rings (SSSR count). The molecule has 0 N–H and O–H groups in total. The van der Waals surface area contributed by atoms with Crippen LogP contribution in [0.25, 0.3) is 22.2 Å². The number of rotatable bonds is 3. The average Bonchev–Trinajstić information content (AvgIpc) is 2.96. The van der Waals surface area contributed by atoms with Gasteiger partial charge in [-0.15, -0.1) is 0 Å². The first kappa shape index (κ1) is 13.8. The zero-order valence-electron chi connectivity index (χ0n) is 13.0. The summed E-state index contributed by atoms with van der Waals surface area (Å²) < 4.78 is 5.91. The number of hydrogen-bond acceptors (Lipinski definition) is 2. The maximum Gasteiger partial charge on any atom is 0.226 e. The molecule has 0 radical (unpaired) electrons. The minimum atomic E-state index is 0.694. The molecule has 0 unspecified atom stereocenters. The predicted octanol–water partition coefficient (Wildman–Crippen LogP) is 5.39. The van der Waals surface area contributed by atoms with Crippen LogP contribution in [0.2, 0.25) is 0 Å². The highest BCUT2D eigenvalue weighted by Crippen LogP contribution is 2.26. The van der Waals surface area contributed by atoms with Gasteiger partial charge in [-0.25, -0.2) is 4.98 Å². The molecule has 3 aromatic carbocycles. The van der Waals surface area contributed by atoms with Crippen molar-refractivity contribution in [1.29, 1.82) is 0 Å². The summed E-state index contributed by atoms with van der Waals surface area (Å²) in [5.41, 5.74) is 3.26. The number of oxazole rings is 1. The average molecular weight is 299 g/mol. The van der Waals surface area contributed by atoms with Gasteiger partial charge in [0.05, 0.1) is 5.69 Å². The van der Waals surface area contributed by atoms with Crippen LogP contribution in [-0.2, 0) is 6.42 Å². The summed E-state index contributed by atoms with van der Waals surface area (Å²) in [4.78, 5) is 4.72. The molecule has 1 heterocycles. The van der Waals surface area contributed by atoms with Crippen molar-refractivity contribution in [3.05, 3.63) is 89.8 Å². The Morgan fingerprint density at radius 3 is 2.39 bits per heavy atom. The lowest BCUT2D eigenvalue weighted by atomic mass is 10.1. The lowest BCUT2D eigenvalue weighted by Crippen LogP contribution is -1.90. The number of aryl methyl sites for hydroxylation is 1. The van der Waals surface area contributed by atoms with Gasteiger partial charge in [0, 0.05) is 12.0 Å². The Kier molecular flexibility index (Phi) is 3.43. The highest BCUT2D eigenvalue weighted by Gasteiger charge is 2.12. The van der Waals surface area contributed by atoms with Crippen LogP contribution in [-0.4, -0.2) is 4.98 Å². The smallest absolute Gasteiger partial charge is 0.226 e. The summed E-state index contributed by atoms with van der Waals surface area (Å²) in [6.45, 7) is 1.98. The van der Waals surface area contributed by atoms with Crippen LogP contribution < -0.4 is 0 Å². The van der Waals surface area contributed by atoms with E-state index in [1.54, 1.807) is 0 Å². The van der Waals surface area contributed by atoms with Crippen molar-refractivity contribution in [2.45, 2.75) is 13.3 Å². The Morgan fingerprint density at radius 2 is 1.57 bits per heavy atom. The molecule has 0 aliphatic rings. The molecule has 4 aromatic rings. The van der Waals surface area contributed by atoms with Crippen molar-refractivity contribution in [2.75, 3.05) is 0 Å². The molecule has 0 fully saturated rings. The van der Waals surface area contributed by atoms with Crippen LogP contribution in [0.3, 0.4) is 0 Å². The number of hydrogen-bond donors (Lipinski definition) is 0. The normalized spacial score (nSPS) is 11.0. The molecule has 0 spiro atoms. The molecule has 0 aliphatic heterocycles. The number of aromatic nitrogens is 1. The summed E-state index contributed by atoms with van der Waals surface area (Å²) in [5.74, 6) is 1.58. The van der Waals surface area contributed by atoms with Crippen molar-refractivity contribution in [2.24, 2.45) is 0 Å². The van der Waals surface area contributed by atoms with Crippen molar-refractivity contribution in [3.8, 4) is 11.5 Å². The second-order valence-corrected chi connectivity index (χ2v) is 5.75. The third-order valence-corrected chi connectivity index (χ3v) is 4.10. The van der Waals surface area contributed by atoms with Gasteiger partial charge < -0.3 is 4.42 Å².